The molecule has 0 aliphatic carbocycles. The SMILES string of the molecule is CC(=O)/C=C(/C)O.Cc1ccc(-c2cc3cnc(-c4[c-]ccc(-c5ccccc5)c4)cc3o2)cc1.[Ir]. The number of aliphatic hydroxyl groups excluding tert-OH is 1. The Balaban J connectivity index is 0.000000400. The van der Waals surface area contributed by atoms with E-state index in [1.54, 1.807) is 0 Å². The van der Waals surface area contributed by atoms with Gasteiger partial charge in [-0.15, -0.1) is 35.4 Å². The van der Waals surface area contributed by atoms with E-state index < -0.39 is 0 Å². The molecule has 0 atom stereocenters. The zero-order valence-electron chi connectivity index (χ0n) is 20.3. The Hall–Kier alpha value is -3.79. The number of fused-ring (bicyclic) bond motifs is 1. The third-order valence-electron chi connectivity index (χ3n) is 5.33. The molecule has 0 fully saturated rings. The fourth-order valence-corrected chi connectivity index (χ4v) is 3.66. The van der Waals surface area contributed by atoms with Crippen LogP contribution >= 0.6 is 0 Å². The van der Waals surface area contributed by atoms with Gasteiger partial charge in [0.2, 0.25) is 0 Å². The predicted octanol–water partition coefficient (Wildman–Crippen LogP) is 7.97. The minimum absolute atomic E-state index is 0. The Labute approximate surface area is 224 Å². The van der Waals surface area contributed by atoms with Gasteiger partial charge in [0, 0.05) is 43.3 Å². The fraction of sp³-hybridized carbons (Fsp3) is 0.0968. The van der Waals surface area contributed by atoms with Crippen molar-refractivity contribution >= 4 is 16.8 Å². The molecule has 4 nitrogen and oxygen atoms in total. The molecule has 36 heavy (non-hydrogen) atoms. The smallest absolute Gasteiger partial charge is 0.155 e. The number of hydrogen-bond donors (Lipinski definition) is 1. The maximum Gasteiger partial charge on any atom is 0.155 e. The number of rotatable bonds is 4. The standard InChI is InChI=1S/C26H18NO.C5H8O2.Ir/c1-18-10-12-20(13-11-18)25-15-23-17-27-24(16-26(23)28-25)22-9-5-8-21(14-22)19-6-3-2-4-7-19;1-4(6)3-5(2)7;/h2-8,10-17H,1H3;3,6H,1-2H3;/q-1;;/b;4-3-;. The molecule has 2 heterocycles. The predicted molar refractivity (Wildman–Crippen MR) is 141 cm³/mol. The van der Waals surface area contributed by atoms with Crippen LogP contribution in [0.3, 0.4) is 0 Å². The van der Waals surface area contributed by atoms with Crippen LogP contribution in [0.25, 0.3) is 44.7 Å². The number of carbonyl (C=O) groups is 1. The van der Waals surface area contributed by atoms with Gasteiger partial charge in [0.05, 0.1) is 5.76 Å². The molecule has 0 unspecified atom stereocenters. The van der Waals surface area contributed by atoms with E-state index in [0.29, 0.717) is 0 Å². The Bertz CT molecular complexity index is 1480. The van der Waals surface area contributed by atoms with E-state index in [4.69, 9.17) is 9.52 Å². The van der Waals surface area contributed by atoms with Crippen molar-refractivity contribution in [3.63, 3.8) is 0 Å². The van der Waals surface area contributed by atoms with Gasteiger partial charge in [-0.25, -0.2) is 0 Å². The minimum atomic E-state index is -0.125. The van der Waals surface area contributed by atoms with Gasteiger partial charge in [0.1, 0.15) is 11.3 Å². The van der Waals surface area contributed by atoms with Crippen molar-refractivity contribution in [2.45, 2.75) is 20.8 Å². The van der Waals surface area contributed by atoms with E-state index in [2.05, 4.69) is 66.5 Å². The third-order valence-corrected chi connectivity index (χ3v) is 5.33. The Kier molecular flexibility index (Phi) is 9.13. The van der Waals surface area contributed by atoms with Crippen LogP contribution < -0.4 is 0 Å². The summed E-state index contributed by atoms with van der Waals surface area (Å²) in [5.74, 6) is 0.795. The first-order valence-corrected chi connectivity index (χ1v) is 11.3. The number of aryl methyl sites for hydroxylation is 1. The summed E-state index contributed by atoms with van der Waals surface area (Å²) in [5, 5.41) is 9.36. The summed E-state index contributed by atoms with van der Waals surface area (Å²) in [6, 6.07) is 32.2. The molecule has 0 amide bonds. The number of carbonyl (C=O) groups excluding carboxylic acids is 1. The number of aromatic nitrogens is 1. The van der Waals surface area contributed by atoms with E-state index in [0.717, 1.165) is 39.1 Å². The molecule has 0 bridgehead atoms. The Morgan fingerprint density at radius 3 is 2.28 bits per heavy atom. The number of pyridine rings is 1. The second kappa shape index (κ2) is 12.3. The van der Waals surface area contributed by atoms with Gasteiger partial charge < -0.3 is 14.5 Å². The van der Waals surface area contributed by atoms with Crippen molar-refractivity contribution in [3.05, 3.63) is 115 Å². The van der Waals surface area contributed by atoms with Crippen LogP contribution in [0.2, 0.25) is 0 Å². The van der Waals surface area contributed by atoms with Crippen LogP contribution in [-0.2, 0) is 24.9 Å². The van der Waals surface area contributed by atoms with E-state index >= 15 is 0 Å². The van der Waals surface area contributed by atoms with Crippen molar-refractivity contribution in [2.75, 3.05) is 0 Å². The zero-order chi connectivity index (χ0) is 24.8. The molecule has 5 heteroatoms. The number of ketones is 1. The number of nitrogens with zero attached hydrogens (tertiary/aromatic N) is 1. The summed E-state index contributed by atoms with van der Waals surface area (Å²) in [6.45, 7) is 4.93. The van der Waals surface area contributed by atoms with Crippen LogP contribution in [0.4, 0.5) is 0 Å². The molecule has 0 saturated carbocycles. The first kappa shape index (κ1) is 26.8. The van der Waals surface area contributed by atoms with Crippen LogP contribution in [0, 0.1) is 13.0 Å². The molecule has 1 radical (unpaired) electrons. The molecular weight excluding hydrogens is 627 g/mol. The zero-order valence-corrected chi connectivity index (χ0v) is 22.7. The van der Waals surface area contributed by atoms with Gasteiger partial charge >= 0.3 is 0 Å². The molecule has 5 aromatic rings. The van der Waals surface area contributed by atoms with Gasteiger partial charge in [-0.05, 0) is 44.2 Å². The topological polar surface area (TPSA) is 63.3 Å². The van der Waals surface area contributed by atoms with Crippen LogP contribution in [0.5, 0.6) is 0 Å². The van der Waals surface area contributed by atoms with Gasteiger partial charge in [0.15, 0.2) is 5.78 Å². The normalized spacial score (nSPS) is 10.8. The van der Waals surface area contributed by atoms with Crippen molar-refractivity contribution in [1.82, 2.24) is 4.98 Å². The average Bonchev–Trinajstić information content (AvgIpc) is 3.28. The molecule has 183 valence electrons. The molecule has 0 aliphatic heterocycles. The Morgan fingerprint density at radius 1 is 0.917 bits per heavy atom. The summed E-state index contributed by atoms with van der Waals surface area (Å²) in [6.07, 6.45) is 3.04. The van der Waals surface area contributed by atoms with Gasteiger partial charge in [0.25, 0.3) is 0 Å². The van der Waals surface area contributed by atoms with Crippen LogP contribution in [0.1, 0.15) is 19.4 Å². The summed E-state index contributed by atoms with van der Waals surface area (Å²) in [4.78, 5) is 14.7. The molecule has 0 aliphatic rings. The second-order valence-corrected chi connectivity index (χ2v) is 8.34. The van der Waals surface area contributed by atoms with Crippen molar-refractivity contribution in [3.8, 4) is 33.7 Å². The third kappa shape index (κ3) is 6.88. The van der Waals surface area contributed by atoms with Gasteiger partial charge in [-0.1, -0.05) is 60.2 Å². The maximum absolute atomic E-state index is 10.0. The van der Waals surface area contributed by atoms with Crippen molar-refractivity contribution in [1.29, 1.82) is 0 Å². The summed E-state index contributed by atoms with van der Waals surface area (Å²) in [7, 11) is 0. The van der Waals surface area contributed by atoms with E-state index in [1.807, 2.05) is 42.6 Å². The van der Waals surface area contributed by atoms with E-state index in [9.17, 15) is 4.79 Å². The monoisotopic (exact) mass is 653 g/mol. The molecular formula is C31H26IrNO3-. The molecule has 5 rings (SSSR count). The summed E-state index contributed by atoms with van der Waals surface area (Å²) in [5.41, 5.74) is 7.28. The molecule has 2 aromatic heterocycles. The maximum atomic E-state index is 10.0. The minimum Gasteiger partial charge on any atom is -0.512 e. The number of hydrogen-bond acceptors (Lipinski definition) is 4. The second-order valence-electron chi connectivity index (χ2n) is 8.34. The molecule has 1 N–H and O–H groups in total. The van der Waals surface area contributed by atoms with E-state index in [-0.39, 0.29) is 31.6 Å². The first-order chi connectivity index (χ1) is 16.9. The van der Waals surface area contributed by atoms with Crippen molar-refractivity contribution in [2.24, 2.45) is 0 Å². The number of aliphatic hydroxyl groups is 1. The number of furan rings is 1. The fourth-order valence-electron chi connectivity index (χ4n) is 3.66. The van der Waals surface area contributed by atoms with Crippen molar-refractivity contribution < 1.29 is 34.4 Å². The van der Waals surface area contributed by atoms with Gasteiger partial charge in [-0.2, -0.15) is 0 Å². The van der Waals surface area contributed by atoms with Crippen LogP contribution in [-0.4, -0.2) is 15.9 Å². The summed E-state index contributed by atoms with van der Waals surface area (Å²) < 4.78 is 6.12. The Morgan fingerprint density at radius 2 is 1.64 bits per heavy atom. The van der Waals surface area contributed by atoms with Crippen LogP contribution in [0.15, 0.2) is 107 Å². The molecule has 0 saturated heterocycles. The first-order valence-electron chi connectivity index (χ1n) is 11.3. The summed E-state index contributed by atoms with van der Waals surface area (Å²) >= 11 is 0. The van der Waals surface area contributed by atoms with Gasteiger partial charge in [-0.3, -0.25) is 4.79 Å². The number of allylic oxidation sites excluding steroid dienone is 2. The largest absolute Gasteiger partial charge is 0.512 e. The average molecular weight is 653 g/mol. The van der Waals surface area contributed by atoms with E-state index in [1.165, 1.54) is 31.1 Å². The number of benzene rings is 3. The molecule has 0 spiro atoms. The quantitative estimate of drug-likeness (QED) is 0.122. The molecule has 3 aromatic carbocycles.